The molecule has 11 nitrogen and oxygen atoms in total. The maximum absolute atomic E-state index is 12.9. The number of methoxy groups -OCH3 is 3. The van der Waals surface area contributed by atoms with Crippen molar-refractivity contribution in [1.82, 2.24) is 5.16 Å². The third kappa shape index (κ3) is 5.14. The lowest BCUT2D eigenvalue weighted by atomic mass is 9.96. The molecular formula is C24H25N6O5S+. The molecule has 2 aromatic heterocycles. The van der Waals surface area contributed by atoms with Gasteiger partial charge in [0, 0.05) is 11.6 Å². The zero-order valence-electron chi connectivity index (χ0n) is 20.4. The number of nitrogens with two attached hydrogens (primary N) is 1. The highest BCUT2D eigenvalue weighted by Crippen LogP contribution is 2.44. The zero-order valence-corrected chi connectivity index (χ0v) is 21.2. The lowest BCUT2D eigenvalue weighted by Gasteiger charge is -2.17. The number of ether oxygens (including phenoxy) is 3. The van der Waals surface area contributed by atoms with Crippen LogP contribution < -0.4 is 30.2 Å². The number of nitrogens with zero attached hydrogens (tertiary/aromatic N) is 3. The summed E-state index contributed by atoms with van der Waals surface area (Å²) in [6.07, 6.45) is 0.436. The van der Waals surface area contributed by atoms with E-state index in [9.17, 15) is 15.3 Å². The molecule has 12 heteroatoms. The van der Waals surface area contributed by atoms with E-state index in [0.29, 0.717) is 45.8 Å². The monoisotopic (exact) mass is 509 g/mol. The molecule has 0 unspecified atom stereocenters. The topological polar surface area (TPSA) is 171 Å². The molecule has 2 heterocycles. The van der Waals surface area contributed by atoms with E-state index in [1.807, 2.05) is 6.92 Å². The Bertz CT molecular complexity index is 1350. The fourth-order valence-corrected chi connectivity index (χ4v) is 4.59. The number of carbonyl (C=O) groups is 1. The van der Waals surface area contributed by atoms with E-state index < -0.39 is 5.25 Å². The first kappa shape index (κ1) is 26.2. The number of anilines is 2. The van der Waals surface area contributed by atoms with Crippen molar-refractivity contribution < 1.29 is 28.5 Å². The number of aromatic nitrogens is 2. The normalized spacial score (nSPS) is 11.2. The number of nitriles is 2. The van der Waals surface area contributed by atoms with E-state index in [1.165, 1.54) is 21.3 Å². The maximum atomic E-state index is 12.9. The Kier molecular flexibility index (Phi) is 8.25. The number of benzene rings is 1. The van der Waals surface area contributed by atoms with Crippen molar-refractivity contribution in [2.24, 2.45) is 0 Å². The summed E-state index contributed by atoms with van der Waals surface area (Å²) in [6, 6.07) is 9.08. The van der Waals surface area contributed by atoms with Crippen molar-refractivity contribution in [2.75, 3.05) is 32.4 Å². The number of thioether (sulfide) groups is 1. The van der Waals surface area contributed by atoms with Crippen molar-refractivity contribution >= 4 is 29.3 Å². The molecule has 0 saturated heterocycles. The van der Waals surface area contributed by atoms with Gasteiger partial charge in [-0.2, -0.15) is 10.5 Å². The van der Waals surface area contributed by atoms with Gasteiger partial charge in [-0.25, -0.2) is 4.98 Å². The Labute approximate surface area is 212 Å². The van der Waals surface area contributed by atoms with E-state index in [0.717, 1.165) is 11.8 Å². The molecule has 0 bridgehead atoms. The van der Waals surface area contributed by atoms with Gasteiger partial charge in [-0.15, -0.1) is 0 Å². The van der Waals surface area contributed by atoms with Crippen molar-refractivity contribution in [1.29, 1.82) is 10.5 Å². The van der Waals surface area contributed by atoms with Gasteiger partial charge in [0.2, 0.25) is 11.7 Å². The molecule has 0 aliphatic heterocycles. The molecule has 1 aromatic carbocycles. The van der Waals surface area contributed by atoms with Gasteiger partial charge in [0.1, 0.15) is 29.0 Å². The Morgan fingerprint density at radius 2 is 1.81 bits per heavy atom. The van der Waals surface area contributed by atoms with Crippen LogP contribution >= 0.6 is 11.8 Å². The first-order chi connectivity index (χ1) is 17.3. The summed E-state index contributed by atoms with van der Waals surface area (Å²) in [4.78, 5) is 15.8. The maximum Gasteiger partial charge on any atom is 0.289 e. The van der Waals surface area contributed by atoms with Gasteiger partial charge in [-0.3, -0.25) is 10.5 Å². The van der Waals surface area contributed by atoms with E-state index in [-0.39, 0.29) is 28.4 Å². The summed E-state index contributed by atoms with van der Waals surface area (Å²) in [6.45, 7) is 3.55. The molecule has 0 aliphatic carbocycles. The third-order valence-corrected chi connectivity index (χ3v) is 6.60. The second kappa shape index (κ2) is 11.3. The Morgan fingerprint density at radius 3 is 2.28 bits per heavy atom. The Morgan fingerprint density at radius 1 is 1.17 bits per heavy atom. The van der Waals surface area contributed by atoms with Crippen molar-refractivity contribution in [3.05, 3.63) is 35.1 Å². The van der Waals surface area contributed by atoms with Crippen molar-refractivity contribution in [3.8, 4) is 40.5 Å². The molecule has 0 spiro atoms. The molecule has 0 radical (unpaired) electrons. The van der Waals surface area contributed by atoms with Crippen molar-refractivity contribution in [3.63, 3.8) is 0 Å². The predicted octanol–water partition coefficient (Wildman–Crippen LogP) is 3.32. The standard InChI is InChI=1S/C24H24N6O5S/c1-6-18(23(31)28-19-7-12(2)35-30-19)36-24-15(11-26)20(14(10-25)22(27)29-24)13-8-16(32-3)21(34-5)17(9-13)33-4/h7-9,18H,6H2,1-5H3,(H2,27,29)(H,28,30,31)/p+1/t18-/m0/s1. The van der Waals surface area contributed by atoms with Crippen LogP contribution in [0.15, 0.2) is 27.7 Å². The van der Waals surface area contributed by atoms with Crippen LogP contribution in [0.25, 0.3) is 11.1 Å². The number of aromatic amines is 1. The Balaban J connectivity index is 2.13. The van der Waals surface area contributed by atoms with Crippen LogP contribution in [0.4, 0.5) is 11.6 Å². The minimum absolute atomic E-state index is 0.0464. The largest absolute Gasteiger partial charge is 0.493 e. The average Bonchev–Trinajstić information content (AvgIpc) is 3.29. The number of rotatable bonds is 9. The van der Waals surface area contributed by atoms with Gasteiger partial charge in [-0.1, -0.05) is 23.8 Å². The van der Waals surface area contributed by atoms with E-state index in [1.54, 1.807) is 25.1 Å². The second-order valence-electron chi connectivity index (χ2n) is 7.46. The quantitative estimate of drug-likeness (QED) is 0.408. The van der Waals surface area contributed by atoms with Crippen LogP contribution in [0.1, 0.15) is 30.2 Å². The predicted molar refractivity (Wildman–Crippen MR) is 132 cm³/mol. The highest BCUT2D eigenvalue weighted by atomic mass is 32.2. The summed E-state index contributed by atoms with van der Waals surface area (Å²) in [7, 11) is 4.40. The zero-order chi connectivity index (χ0) is 26.4. The van der Waals surface area contributed by atoms with Gasteiger partial charge in [0.15, 0.2) is 22.3 Å². The third-order valence-electron chi connectivity index (χ3n) is 5.22. The fraction of sp³-hybridized carbons (Fsp3) is 0.292. The molecule has 1 atom stereocenters. The second-order valence-corrected chi connectivity index (χ2v) is 8.67. The van der Waals surface area contributed by atoms with Crippen LogP contribution in [-0.2, 0) is 4.79 Å². The average molecular weight is 510 g/mol. The van der Waals surface area contributed by atoms with Crippen LogP contribution in [0.2, 0.25) is 0 Å². The van der Waals surface area contributed by atoms with E-state index in [4.69, 9.17) is 24.5 Å². The fourth-order valence-electron chi connectivity index (χ4n) is 3.54. The van der Waals surface area contributed by atoms with Crippen LogP contribution in [0.3, 0.4) is 0 Å². The summed E-state index contributed by atoms with van der Waals surface area (Å²) < 4.78 is 21.3. The molecule has 36 heavy (non-hydrogen) atoms. The van der Waals surface area contributed by atoms with Crippen LogP contribution in [0.5, 0.6) is 17.2 Å². The molecule has 4 N–H and O–H groups in total. The van der Waals surface area contributed by atoms with Gasteiger partial charge < -0.3 is 24.1 Å². The number of nitrogens with one attached hydrogen (secondary N) is 2. The molecular weight excluding hydrogens is 484 g/mol. The van der Waals surface area contributed by atoms with Crippen molar-refractivity contribution in [2.45, 2.75) is 30.5 Å². The minimum Gasteiger partial charge on any atom is -0.493 e. The molecule has 0 saturated carbocycles. The number of amides is 1. The molecule has 0 aliphatic rings. The van der Waals surface area contributed by atoms with E-state index in [2.05, 4.69) is 27.6 Å². The molecule has 3 rings (SSSR count). The summed E-state index contributed by atoms with van der Waals surface area (Å²) in [5.74, 6) is 1.61. The first-order valence-electron chi connectivity index (χ1n) is 10.7. The van der Waals surface area contributed by atoms with Gasteiger partial charge >= 0.3 is 0 Å². The number of H-pyrrole nitrogens is 1. The van der Waals surface area contributed by atoms with Crippen LogP contribution in [0, 0.1) is 29.6 Å². The SMILES string of the molecule is CC[C@H](Sc1[nH+]c(N)c(C#N)c(-c2cc(OC)c(OC)c(OC)c2)c1C#N)C(=O)Nc1cc(C)on1. The van der Waals surface area contributed by atoms with Gasteiger partial charge in [-0.05, 0) is 31.0 Å². The number of hydrogen-bond acceptors (Lipinski definition) is 10. The molecule has 186 valence electrons. The summed E-state index contributed by atoms with van der Waals surface area (Å²) in [5, 5.41) is 26.2. The van der Waals surface area contributed by atoms with E-state index >= 15 is 0 Å². The lowest BCUT2D eigenvalue weighted by molar-refractivity contribution is -0.410. The number of carbonyl (C=O) groups excluding carboxylic acids is 1. The number of hydrogen-bond donors (Lipinski definition) is 2. The molecule has 1 amide bonds. The molecule has 0 fully saturated rings. The highest BCUT2D eigenvalue weighted by Gasteiger charge is 2.29. The number of pyridine rings is 1. The lowest BCUT2D eigenvalue weighted by Crippen LogP contribution is -2.27. The first-order valence-corrected chi connectivity index (χ1v) is 11.6. The van der Waals surface area contributed by atoms with Gasteiger partial charge in [0.25, 0.3) is 5.82 Å². The highest BCUT2D eigenvalue weighted by molar-refractivity contribution is 8.00. The van der Waals surface area contributed by atoms with Crippen LogP contribution in [-0.4, -0.2) is 37.6 Å². The number of aryl methyl sites for hydroxylation is 1. The van der Waals surface area contributed by atoms with Gasteiger partial charge in [0.05, 0.1) is 26.6 Å². The Hall–Kier alpha value is -4.42. The number of nitrogen functional groups attached to an aromatic ring is 1. The molecule has 3 aromatic rings. The summed E-state index contributed by atoms with van der Waals surface area (Å²) >= 11 is 1.12. The summed E-state index contributed by atoms with van der Waals surface area (Å²) in [5.41, 5.74) is 7.14. The minimum atomic E-state index is -0.606. The smallest absolute Gasteiger partial charge is 0.289 e.